The van der Waals surface area contributed by atoms with Gasteiger partial charge in [0.1, 0.15) is 6.33 Å². The Bertz CT molecular complexity index is 1100. The lowest BCUT2D eigenvalue weighted by Gasteiger charge is -2.11. The topological polar surface area (TPSA) is 67.1 Å². The van der Waals surface area contributed by atoms with Gasteiger partial charge in [-0.15, -0.1) is 5.10 Å². The highest BCUT2D eigenvalue weighted by molar-refractivity contribution is 5.90. The van der Waals surface area contributed by atoms with Crippen LogP contribution in [0.2, 0.25) is 0 Å². The average Bonchev–Trinajstić information content (AvgIpc) is 3.35. The lowest BCUT2D eigenvalue weighted by atomic mass is 9.97. The monoisotopic (exact) mass is 358 g/mol. The van der Waals surface area contributed by atoms with Gasteiger partial charge in [-0.25, -0.2) is 25.3 Å². The summed E-state index contributed by atoms with van der Waals surface area (Å²) in [5.74, 6) is 1.34. The highest BCUT2D eigenvalue weighted by Gasteiger charge is 2.29. The van der Waals surface area contributed by atoms with Crippen molar-refractivity contribution in [2.24, 2.45) is 0 Å². The highest BCUT2D eigenvalue weighted by atomic mass is 15.4. The zero-order valence-electron chi connectivity index (χ0n) is 15.4. The summed E-state index contributed by atoms with van der Waals surface area (Å²) in [6.07, 6.45) is 2.64. The maximum absolute atomic E-state index is 4.80. The van der Waals surface area contributed by atoms with Crippen molar-refractivity contribution in [3.8, 4) is 0 Å². The zero-order valence-corrected chi connectivity index (χ0v) is 15.4. The number of nitrogens with one attached hydrogen (secondary N) is 2. The second-order valence-corrected chi connectivity index (χ2v) is 7.45. The van der Waals surface area contributed by atoms with Gasteiger partial charge in [0.2, 0.25) is 0 Å². The van der Waals surface area contributed by atoms with E-state index in [-0.39, 0.29) is 12.1 Å². The van der Waals surface area contributed by atoms with Crippen LogP contribution in [0.4, 0.5) is 0 Å². The molecule has 2 N–H and O–H groups in total. The van der Waals surface area contributed by atoms with Crippen LogP contribution in [0.3, 0.4) is 0 Å². The number of nitrogens with zero attached hydrogens (tertiary/aromatic N) is 4. The predicted molar refractivity (Wildman–Crippen MR) is 105 cm³/mol. The van der Waals surface area contributed by atoms with Crippen molar-refractivity contribution in [3.63, 3.8) is 0 Å². The molecule has 1 fully saturated rings. The van der Waals surface area contributed by atoms with Gasteiger partial charge in [-0.05, 0) is 35.6 Å². The molecule has 6 nitrogen and oxygen atoms in total. The fourth-order valence-electron chi connectivity index (χ4n) is 3.70. The Morgan fingerprint density at radius 1 is 1.00 bits per heavy atom. The molecule has 136 valence electrons. The minimum absolute atomic E-state index is 0.0680. The third kappa shape index (κ3) is 2.87. The van der Waals surface area contributed by atoms with Crippen LogP contribution < -0.4 is 10.9 Å². The summed E-state index contributed by atoms with van der Waals surface area (Å²) in [5.41, 5.74) is 11.2. The van der Waals surface area contributed by atoms with Crippen LogP contribution in [0.15, 0.2) is 54.9 Å². The van der Waals surface area contributed by atoms with E-state index in [1.165, 1.54) is 11.1 Å². The van der Waals surface area contributed by atoms with Crippen LogP contribution in [0.5, 0.6) is 0 Å². The predicted octanol–water partition coefficient (Wildman–Crippen LogP) is 3.68. The van der Waals surface area contributed by atoms with Gasteiger partial charge in [-0.2, -0.15) is 0 Å². The first-order valence-corrected chi connectivity index (χ1v) is 9.40. The van der Waals surface area contributed by atoms with Gasteiger partial charge >= 0.3 is 0 Å². The third-order valence-electron chi connectivity index (χ3n) is 5.32. The molecule has 5 rings (SSSR count). The van der Waals surface area contributed by atoms with Crippen LogP contribution in [0, 0.1) is 0 Å². The minimum atomic E-state index is 0.0680. The van der Waals surface area contributed by atoms with Crippen molar-refractivity contribution < 1.29 is 0 Å². The maximum atomic E-state index is 4.80. The first-order valence-electron chi connectivity index (χ1n) is 9.40. The van der Waals surface area contributed by atoms with E-state index >= 15 is 0 Å². The second-order valence-electron chi connectivity index (χ2n) is 7.45. The molecule has 0 saturated carbocycles. The number of benzene rings is 2. The van der Waals surface area contributed by atoms with E-state index in [4.69, 9.17) is 4.98 Å². The highest BCUT2D eigenvalue weighted by Crippen LogP contribution is 2.30. The summed E-state index contributed by atoms with van der Waals surface area (Å²) < 4.78 is 1.77. The van der Waals surface area contributed by atoms with E-state index in [0.29, 0.717) is 5.92 Å². The second kappa shape index (κ2) is 6.40. The summed E-state index contributed by atoms with van der Waals surface area (Å²) in [6, 6.07) is 17.2. The standard InChI is InChI=1S/C21H22N6/c1-13(2)14-7-9-15(10-8-14)18-11-19(25-24-18)20-23-21-16-5-3-4-6-17(16)22-12-27(21)26-20/h3-10,12-13,18-19,24-25H,11H2,1-2H3. The molecule has 4 aromatic rings. The first kappa shape index (κ1) is 16.4. The van der Waals surface area contributed by atoms with Gasteiger partial charge in [0.15, 0.2) is 11.5 Å². The van der Waals surface area contributed by atoms with Gasteiger partial charge < -0.3 is 0 Å². The molecule has 2 aromatic carbocycles. The number of aromatic nitrogens is 4. The lowest BCUT2D eigenvalue weighted by molar-refractivity contribution is 0.540. The van der Waals surface area contributed by atoms with Crippen molar-refractivity contribution in [3.05, 3.63) is 71.8 Å². The van der Waals surface area contributed by atoms with E-state index in [0.717, 1.165) is 28.8 Å². The van der Waals surface area contributed by atoms with Crippen LogP contribution >= 0.6 is 0 Å². The van der Waals surface area contributed by atoms with E-state index in [2.05, 4.69) is 59.0 Å². The number of para-hydroxylation sites is 1. The number of hydrogen-bond acceptors (Lipinski definition) is 5. The molecule has 0 bridgehead atoms. The minimum Gasteiger partial charge on any atom is -0.250 e. The Balaban J connectivity index is 1.42. The average molecular weight is 358 g/mol. The Kier molecular flexibility index (Phi) is 3.88. The molecule has 2 aromatic heterocycles. The number of hydrogen-bond donors (Lipinski definition) is 2. The smallest absolute Gasteiger partial charge is 0.170 e. The summed E-state index contributed by atoms with van der Waals surface area (Å²) in [5, 5.41) is 5.67. The molecule has 0 amide bonds. The van der Waals surface area contributed by atoms with E-state index in [1.54, 1.807) is 10.8 Å². The molecule has 1 aliphatic heterocycles. The Morgan fingerprint density at radius 2 is 1.78 bits per heavy atom. The summed E-state index contributed by atoms with van der Waals surface area (Å²) in [6.45, 7) is 4.43. The summed E-state index contributed by atoms with van der Waals surface area (Å²) in [4.78, 5) is 9.26. The fourth-order valence-corrected chi connectivity index (χ4v) is 3.70. The molecule has 2 unspecified atom stereocenters. The van der Waals surface area contributed by atoms with E-state index in [9.17, 15) is 0 Å². The van der Waals surface area contributed by atoms with Crippen molar-refractivity contribution in [2.45, 2.75) is 38.3 Å². The Labute approximate surface area is 157 Å². The van der Waals surface area contributed by atoms with Gasteiger partial charge in [0.05, 0.1) is 11.6 Å². The zero-order chi connectivity index (χ0) is 18.4. The molecule has 6 heteroatoms. The quantitative estimate of drug-likeness (QED) is 0.585. The van der Waals surface area contributed by atoms with Crippen LogP contribution in [-0.4, -0.2) is 19.6 Å². The van der Waals surface area contributed by atoms with E-state index < -0.39 is 0 Å². The molecular weight excluding hydrogens is 336 g/mol. The molecule has 0 radical (unpaired) electrons. The van der Waals surface area contributed by atoms with Crippen molar-refractivity contribution in [2.75, 3.05) is 0 Å². The third-order valence-corrected chi connectivity index (χ3v) is 5.32. The van der Waals surface area contributed by atoms with Crippen molar-refractivity contribution in [1.29, 1.82) is 0 Å². The number of rotatable bonds is 3. The molecule has 3 heterocycles. The molecule has 0 spiro atoms. The summed E-state index contributed by atoms with van der Waals surface area (Å²) in [7, 11) is 0. The molecule has 2 atom stereocenters. The fraction of sp³-hybridized carbons (Fsp3) is 0.286. The van der Waals surface area contributed by atoms with Crippen LogP contribution in [0.1, 0.15) is 55.2 Å². The van der Waals surface area contributed by atoms with Crippen molar-refractivity contribution in [1.82, 2.24) is 30.4 Å². The largest absolute Gasteiger partial charge is 0.250 e. The molecule has 1 aliphatic rings. The van der Waals surface area contributed by atoms with Gasteiger partial charge in [-0.3, -0.25) is 0 Å². The number of fused-ring (bicyclic) bond motifs is 3. The molecule has 1 saturated heterocycles. The molecule has 0 aliphatic carbocycles. The molecule has 27 heavy (non-hydrogen) atoms. The van der Waals surface area contributed by atoms with Crippen molar-refractivity contribution >= 4 is 16.6 Å². The van der Waals surface area contributed by atoms with Crippen LogP contribution in [-0.2, 0) is 0 Å². The Morgan fingerprint density at radius 3 is 2.59 bits per heavy atom. The number of hydrazine groups is 1. The summed E-state index contributed by atoms with van der Waals surface area (Å²) >= 11 is 0. The lowest BCUT2D eigenvalue weighted by Crippen LogP contribution is -2.27. The van der Waals surface area contributed by atoms with Gasteiger partial charge in [0.25, 0.3) is 0 Å². The normalized spacial score (nSPS) is 20.1. The first-order chi connectivity index (χ1) is 13.2. The SMILES string of the molecule is CC(C)c1ccc(C2CC(c3nc4c5ccccc5ncn4n3)NN2)cc1. The van der Waals surface area contributed by atoms with Gasteiger partial charge in [-0.1, -0.05) is 50.2 Å². The molecular formula is C21H22N6. The van der Waals surface area contributed by atoms with Crippen LogP contribution in [0.25, 0.3) is 16.6 Å². The Hall–Kier alpha value is -2.83. The van der Waals surface area contributed by atoms with E-state index in [1.807, 2.05) is 24.3 Å². The van der Waals surface area contributed by atoms with Gasteiger partial charge in [0, 0.05) is 11.4 Å². The maximum Gasteiger partial charge on any atom is 0.170 e.